The number of aromatic amines is 1. The summed E-state index contributed by atoms with van der Waals surface area (Å²) >= 11 is 12.0. The fraction of sp³-hybridized carbons (Fsp3) is 0.385. The van der Waals surface area contributed by atoms with Gasteiger partial charge in [-0.2, -0.15) is 4.98 Å². The molecule has 0 atom stereocenters. The smallest absolute Gasteiger partial charge is 0.245 e. The zero-order valence-electron chi connectivity index (χ0n) is 10.8. The largest absolute Gasteiger partial charge is 0.339 e. The van der Waals surface area contributed by atoms with Crippen molar-refractivity contribution in [1.29, 1.82) is 0 Å². The normalized spacial score (nSPS) is 16.6. The van der Waals surface area contributed by atoms with Crippen LogP contribution in [-0.4, -0.2) is 34.3 Å². The number of benzene rings is 1. The number of nitrogens with two attached hydrogens (primary N) is 1. The molecule has 2 aromatic rings. The fourth-order valence-electron chi connectivity index (χ4n) is 2.31. The van der Waals surface area contributed by atoms with Crippen LogP contribution in [0.15, 0.2) is 18.2 Å². The maximum Gasteiger partial charge on any atom is 0.245 e. The van der Waals surface area contributed by atoms with Gasteiger partial charge in [-0.3, -0.25) is 5.10 Å². The third kappa shape index (κ3) is 2.90. The molecule has 1 aliphatic heterocycles. The van der Waals surface area contributed by atoms with Crippen LogP contribution in [0.4, 0.5) is 5.95 Å². The average Bonchev–Trinajstić information content (AvgIpc) is 2.88. The van der Waals surface area contributed by atoms with Crippen LogP contribution in [0.2, 0.25) is 10.0 Å². The van der Waals surface area contributed by atoms with E-state index in [4.69, 9.17) is 28.9 Å². The van der Waals surface area contributed by atoms with E-state index in [0.29, 0.717) is 21.8 Å². The summed E-state index contributed by atoms with van der Waals surface area (Å²) in [6.07, 6.45) is 1.93. The summed E-state index contributed by atoms with van der Waals surface area (Å²) in [5.41, 5.74) is 6.73. The molecule has 1 aromatic heterocycles. The molecule has 0 spiro atoms. The van der Waals surface area contributed by atoms with E-state index in [0.717, 1.165) is 31.5 Å². The van der Waals surface area contributed by atoms with Crippen molar-refractivity contribution in [3.8, 4) is 11.4 Å². The van der Waals surface area contributed by atoms with Gasteiger partial charge in [0.25, 0.3) is 0 Å². The quantitative estimate of drug-likeness (QED) is 0.894. The van der Waals surface area contributed by atoms with E-state index >= 15 is 0 Å². The minimum atomic E-state index is 0.288. The number of rotatable bonds is 2. The van der Waals surface area contributed by atoms with Crippen molar-refractivity contribution < 1.29 is 0 Å². The third-order valence-electron chi connectivity index (χ3n) is 3.43. The maximum absolute atomic E-state index is 6.00. The van der Waals surface area contributed by atoms with Gasteiger partial charge in [-0.15, -0.1) is 5.10 Å². The van der Waals surface area contributed by atoms with Gasteiger partial charge >= 0.3 is 0 Å². The lowest BCUT2D eigenvalue weighted by atomic mass is 10.1. The predicted molar refractivity (Wildman–Crippen MR) is 81.3 cm³/mol. The van der Waals surface area contributed by atoms with E-state index in [1.807, 2.05) is 12.1 Å². The van der Waals surface area contributed by atoms with Crippen LogP contribution in [0.25, 0.3) is 11.4 Å². The van der Waals surface area contributed by atoms with Gasteiger partial charge in [-0.1, -0.05) is 23.2 Å². The minimum Gasteiger partial charge on any atom is -0.339 e. The second-order valence-corrected chi connectivity index (χ2v) is 5.84. The molecule has 3 N–H and O–H groups in total. The van der Waals surface area contributed by atoms with Gasteiger partial charge in [0.05, 0.1) is 0 Å². The average molecular weight is 312 g/mol. The second kappa shape index (κ2) is 5.60. The summed E-state index contributed by atoms with van der Waals surface area (Å²) in [5.74, 6) is 1.36. The van der Waals surface area contributed by atoms with E-state index < -0.39 is 0 Å². The highest BCUT2D eigenvalue weighted by Gasteiger charge is 2.19. The number of anilines is 1. The summed E-state index contributed by atoms with van der Waals surface area (Å²) in [6.45, 7) is 1.77. The van der Waals surface area contributed by atoms with Gasteiger partial charge in [0.1, 0.15) is 0 Å². The highest BCUT2D eigenvalue weighted by atomic mass is 35.5. The zero-order chi connectivity index (χ0) is 14.1. The van der Waals surface area contributed by atoms with Gasteiger partial charge in [0, 0.05) is 34.7 Å². The predicted octanol–water partition coefficient (Wildman–Crippen LogP) is 2.71. The molecule has 20 heavy (non-hydrogen) atoms. The number of hydrogen-bond donors (Lipinski definition) is 2. The maximum atomic E-state index is 6.00. The molecule has 2 heterocycles. The SMILES string of the molecule is NC1CCN(c2n[nH]c(-c3cc(Cl)cc(Cl)c3)n2)CC1. The Bertz CT molecular complexity index is 584. The lowest BCUT2D eigenvalue weighted by Crippen LogP contribution is -2.40. The summed E-state index contributed by atoms with van der Waals surface area (Å²) < 4.78 is 0. The van der Waals surface area contributed by atoms with Crippen LogP contribution < -0.4 is 10.6 Å². The van der Waals surface area contributed by atoms with E-state index in [9.17, 15) is 0 Å². The first-order chi connectivity index (χ1) is 9.61. The molecule has 7 heteroatoms. The number of nitrogens with one attached hydrogen (secondary N) is 1. The molecule has 1 fully saturated rings. The van der Waals surface area contributed by atoms with E-state index in [-0.39, 0.29) is 6.04 Å². The van der Waals surface area contributed by atoms with Crippen molar-refractivity contribution in [2.24, 2.45) is 5.73 Å². The molecule has 0 saturated carbocycles. The van der Waals surface area contributed by atoms with Crippen molar-refractivity contribution in [3.05, 3.63) is 28.2 Å². The molecule has 0 amide bonds. The number of piperidine rings is 1. The number of H-pyrrole nitrogens is 1. The van der Waals surface area contributed by atoms with E-state index in [1.54, 1.807) is 6.07 Å². The molecule has 0 bridgehead atoms. The Morgan fingerprint density at radius 1 is 1.15 bits per heavy atom. The summed E-state index contributed by atoms with van der Waals surface area (Å²) in [7, 11) is 0. The molecule has 0 aliphatic carbocycles. The first kappa shape index (κ1) is 13.7. The van der Waals surface area contributed by atoms with Crippen LogP contribution in [-0.2, 0) is 0 Å². The highest BCUT2D eigenvalue weighted by Crippen LogP contribution is 2.26. The van der Waals surface area contributed by atoms with Gasteiger partial charge < -0.3 is 10.6 Å². The van der Waals surface area contributed by atoms with Gasteiger partial charge in [-0.25, -0.2) is 0 Å². The summed E-state index contributed by atoms with van der Waals surface area (Å²) in [5, 5.41) is 8.35. The van der Waals surface area contributed by atoms with Gasteiger partial charge in [-0.05, 0) is 31.0 Å². The standard InChI is InChI=1S/C13H15Cl2N5/c14-9-5-8(6-10(15)7-9)12-17-13(19-18-12)20-3-1-11(16)2-4-20/h5-7,11H,1-4,16H2,(H,17,18,19). The number of aromatic nitrogens is 3. The summed E-state index contributed by atoms with van der Waals surface area (Å²) in [4.78, 5) is 6.65. The molecule has 1 aliphatic rings. The molecule has 3 rings (SSSR count). The van der Waals surface area contributed by atoms with Gasteiger partial charge in [0.2, 0.25) is 5.95 Å². The van der Waals surface area contributed by atoms with Crippen LogP contribution in [0.5, 0.6) is 0 Å². The van der Waals surface area contributed by atoms with Crippen molar-refractivity contribution in [2.75, 3.05) is 18.0 Å². The number of hydrogen-bond acceptors (Lipinski definition) is 4. The third-order valence-corrected chi connectivity index (χ3v) is 3.87. The Morgan fingerprint density at radius 3 is 2.45 bits per heavy atom. The van der Waals surface area contributed by atoms with E-state index in [1.165, 1.54) is 0 Å². The molecule has 106 valence electrons. The molecule has 0 radical (unpaired) electrons. The zero-order valence-corrected chi connectivity index (χ0v) is 12.3. The molecule has 1 aromatic carbocycles. The molecular weight excluding hydrogens is 297 g/mol. The number of halogens is 2. The Labute approximate surface area is 127 Å². The lowest BCUT2D eigenvalue weighted by molar-refractivity contribution is 0.496. The Morgan fingerprint density at radius 2 is 1.80 bits per heavy atom. The molecular formula is C13H15Cl2N5. The van der Waals surface area contributed by atoms with Gasteiger partial charge in [0.15, 0.2) is 5.82 Å². The first-order valence-electron chi connectivity index (χ1n) is 6.51. The highest BCUT2D eigenvalue weighted by molar-refractivity contribution is 6.35. The monoisotopic (exact) mass is 311 g/mol. The minimum absolute atomic E-state index is 0.288. The van der Waals surface area contributed by atoms with Crippen molar-refractivity contribution in [1.82, 2.24) is 15.2 Å². The van der Waals surface area contributed by atoms with Crippen LogP contribution >= 0.6 is 23.2 Å². The fourth-order valence-corrected chi connectivity index (χ4v) is 2.84. The topological polar surface area (TPSA) is 70.8 Å². The van der Waals surface area contributed by atoms with Crippen LogP contribution in [0, 0.1) is 0 Å². The van der Waals surface area contributed by atoms with Crippen molar-refractivity contribution >= 4 is 29.2 Å². The van der Waals surface area contributed by atoms with Crippen LogP contribution in [0.3, 0.4) is 0 Å². The first-order valence-corrected chi connectivity index (χ1v) is 7.27. The van der Waals surface area contributed by atoms with E-state index in [2.05, 4.69) is 20.1 Å². The van der Waals surface area contributed by atoms with Crippen molar-refractivity contribution in [2.45, 2.75) is 18.9 Å². The summed E-state index contributed by atoms with van der Waals surface area (Å²) in [6, 6.07) is 5.60. The number of nitrogens with zero attached hydrogens (tertiary/aromatic N) is 3. The second-order valence-electron chi connectivity index (χ2n) is 4.97. The molecule has 0 unspecified atom stereocenters. The Balaban J connectivity index is 1.83. The Kier molecular flexibility index (Phi) is 3.83. The van der Waals surface area contributed by atoms with Crippen LogP contribution in [0.1, 0.15) is 12.8 Å². The molecule has 1 saturated heterocycles. The van der Waals surface area contributed by atoms with Crippen molar-refractivity contribution in [3.63, 3.8) is 0 Å². The Hall–Kier alpha value is -1.30. The molecule has 5 nitrogen and oxygen atoms in total. The lowest BCUT2D eigenvalue weighted by Gasteiger charge is -2.28.